The molecule has 0 aromatic carbocycles. The molecule has 1 aromatic rings. The zero-order chi connectivity index (χ0) is 13.3. The first-order valence-corrected chi connectivity index (χ1v) is 8.11. The van der Waals surface area contributed by atoms with Crippen molar-refractivity contribution in [3.05, 3.63) is 21.9 Å². The molecule has 1 N–H and O–H groups in total. The van der Waals surface area contributed by atoms with E-state index in [0.717, 1.165) is 4.88 Å². The minimum absolute atomic E-state index is 0.136. The van der Waals surface area contributed by atoms with Crippen molar-refractivity contribution in [2.75, 3.05) is 0 Å². The Bertz CT molecular complexity index is 454. The molecule has 0 saturated heterocycles. The summed E-state index contributed by atoms with van der Waals surface area (Å²) in [5, 5.41) is 10.7. The van der Waals surface area contributed by atoms with E-state index in [1.807, 2.05) is 32.2 Å². The van der Waals surface area contributed by atoms with Crippen LogP contribution in [0.15, 0.2) is 11.4 Å². The molecule has 1 heterocycles. The van der Waals surface area contributed by atoms with Crippen LogP contribution in [0.5, 0.6) is 0 Å². The summed E-state index contributed by atoms with van der Waals surface area (Å²) in [6.45, 7) is 5.90. The van der Waals surface area contributed by atoms with Gasteiger partial charge in [0.15, 0.2) is 0 Å². The summed E-state index contributed by atoms with van der Waals surface area (Å²) in [5.41, 5.74) is 0.698. The number of rotatable bonds is 4. The van der Waals surface area contributed by atoms with E-state index >= 15 is 0 Å². The highest BCUT2D eigenvalue weighted by Gasteiger charge is 2.39. The molecule has 0 amide bonds. The molecular formula is C13H18N2OS2. The Hall–Kier alpha value is -0.540. The average Bonchev–Trinajstić information content (AvgIpc) is 3.02. The largest absolute Gasteiger partial charge is 0.598 e. The summed E-state index contributed by atoms with van der Waals surface area (Å²) >= 11 is 0.516. The predicted molar refractivity (Wildman–Crippen MR) is 75.5 cm³/mol. The fourth-order valence-corrected chi connectivity index (χ4v) is 3.64. The number of hydrogen-bond donors (Lipinski definition) is 1. The van der Waals surface area contributed by atoms with Crippen LogP contribution in [0.25, 0.3) is 0 Å². The standard InChI is InChI=1S/C13H18N2OS2/c1-13(2,3)18(16)15-12(10-4-5-10)11-6-9(7-14)8-17-11/h6,8,10,12,15H,4-5H2,1-3H3/t12-,18?/m0/s1. The van der Waals surface area contributed by atoms with Crippen molar-refractivity contribution in [3.63, 3.8) is 0 Å². The van der Waals surface area contributed by atoms with Crippen molar-refractivity contribution in [1.29, 1.82) is 5.26 Å². The van der Waals surface area contributed by atoms with Crippen LogP contribution in [0, 0.1) is 17.2 Å². The van der Waals surface area contributed by atoms with E-state index in [9.17, 15) is 4.55 Å². The second-order valence-corrected chi connectivity index (χ2v) is 8.60. The van der Waals surface area contributed by atoms with Crippen molar-refractivity contribution >= 4 is 22.7 Å². The van der Waals surface area contributed by atoms with Gasteiger partial charge >= 0.3 is 0 Å². The van der Waals surface area contributed by atoms with Gasteiger partial charge in [-0.1, -0.05) is 0 Å². The Morgan fingerprint density at radius 3 is 2.67 bits per heavy atom. The van der Waals surface area contributed by atoms with Crippen LogP contribution in [0.4, 0.5) is 0 Å². The lowest BCUT2D eigenvalue weighted by atomic mass is 10.1. The minimum Gasteiger partial charge on any atom is -0.598 e. The van der Waals surface area contributed by atoms with Gasteiger partial charge in [0.05, 0.1) is 11.6 Å². The summed E-state index contributed by atoms with van der Waals surface area (Å²) in [5.74, 6) is 0.571. The summed E-state index contributed by atoms with van der Waals surface area (Å²) < 4.78 is 15.2. The van der Waals surface area contributed by atoms with Gasteiger partial charge < -0.3 is 4.55 Å². The van der Waals surface area contributed by atoms with Crippen molar-refractivity contribution in [1.82, 2.24) is 4.72 Å². The molecule has 0 radical (unpaired) electrons. The molecule has 3 nitrogen and oxygen atoms in total. The second kappa shape index (κ2) is 5.22. The first-order chi connectivity index (χ1) is 8.41. The Morgan fingerprint density at radius 1 is 1.56 bits per heavy atom. The second-order valence-electron chi connectivity index (χ2n) is 5.66. The third-order valence-corrected chi connectivity index (χ3v) is 5.54. The third kappa shape index (κ3) is 3.27. The molecule has 1 aliphatic carbocycles. The van der Waals surface area contributed by atoms with E-state index in [2.05, 4.69) is 10.8 Å². The number of thiophene rings is 1. The number of nitriles is 1. The maximum absolute atomic E-state index is 12.2. The molecule has 0 bridgehead atoms. The molecule has 0 aliphatic heterocycles. The van der Waals surface area contributed by atoms with Gasteiger partial charge in [-0.3, -0.25) is 0 Å². The lowest BCUT2D eigenvalue weighted by Gasteiger charge is -2.27. The maximum Gasteiger partial charge on any atom is 0.136 e. The fraction of sp³-hybridized carbons (Fsp3) is 0.615. The van der Waals surface area contributed by atoms with Gasteiger partial charge in [-0.15, -0.1) is 16.1 Å². The zero-order valence-corrected chi connectivity index (χ0v) is 12.5. The van der Waals surface area contributed by atoms with Gasteiger partial charge in [-0.05, 0) is 45.6 Å². The molecule has 18 heavy (non-hydrogen) atoms. The zero-order valence-electron chi connectivity index (χ0n) is 10.9. The summed E-state index contributed by atoms with van der Waals surface area (Å²) in [6, 6.07) is 4.21. The normalized spacial score (nSPS) is 19.3. The van der Waals surface area contributed by atoms with Crippen molar-refractivity contribution < 1.29 is 4.55 Å². The first-order valence-electron chi connectivity index (χ1n) is 6.08. The summed E-state index contributed by atoms with van der Waals surface area (Å²) in [6.07, 6.45) is 2.36. The highest BCUT2D eigenvalue weighted by molar-refractivity contribution is 7.90. The van der Waals surface area contributed by atoms with Gasteiger partial charge in [0, 0.05) is 21.6 Å². The molecule has 1 fully saturated rings. The van der Waals surface area contributed by atoms with Crippen LogP contribution in [-0.2, 0) is 11.4 Å². The van der Waals surface area contributed by atoms with Crippen molar-refractivity contribution in [2.24, 2.45) is 5.92 Å². The molecule has 0 spiro atoms. The topological polar surface area (TPSA) is 58.9 Å². The molecule has 1 aromatic heterocycles. The lowest BCUT2D eigenvalue weighted by Crippen LogP contribution is -2.41. The Labute approximate surface area is 116 Å². The first kappa shape index (κ1) is 13.9. The van der Waals surface area contributed by atoms with Crippen LogP contribution in [0.3, 0.4) is 0 Å². The Kier molecular flexibility index (Phi) is 4.02. The van der Waals surface area contributed by atoms with E-state index < -0.39 is 11.4 Å². The monoisotopic (exact) mass is 282 g/mol. The third-order valence-electron chi connectivity index (χ3n) is 2.94. The summed E-state index contributed by atoms with van der Waals surface area (Å²) in [7, 11) is 0. The van der Waals surface area contributed by atoms with Crippen LogP contribution < -0.4 is 4.72 Å². The molecule has 1 saturated carbocycles. The molecular weight excluding hydrogens is 264 g/mol. The van der Waals surface area contributed by atoms with E-state index in [-0.39, 0.29) is 10.8 Å². The quantitative estimate of drug-likeness (QED) is 0.863. The Balaban J connectivity index is 2.12. The molecule has 1 aliphatic rings. The highest BCUT2D eigenvalue weighted by atomic mass is 32.2. The maximum atomic E-state index is 12.2. The minimum atomic E-state index is -1.07. The van der Waals surface area contributed by atoms with Crippen LogP contribution in [0.1, 0.15) is 50.1 Å². The van der Waals surface area contributed by atoms with Crippen molar-refractivity contribution in [3.8, 4) is 6.07 Å². The molecule has 2 rings (SSSR count). The molecule has 1 unspecified atom stereocenters. The summed E-state index contributed by atoms with van der Waals surface area (Å²) in [4.78, 5) is 1.13. The van der Waals surface area contributed by atoms with Gasteiger partial charge in [-0.2, -0.15) is 5.26 Å². The lowest BCUT2D eigenvalue weighted by molar-refractivity contribution is 0.507. The highest BCUT2D eigenvalue weighted by Crippen LogP contribution is 2.43. The van der Waals surface area contributed by atoms with E-state index in [1.165, 1.54) is 12.8 Å². The van der Waals surface area contributed by atoms with Gasteiger partial charge in [-0.25, -0.2) is 0 Å². The van der Waals surface area contributed by atoms with Crippen LogP contribution in [0.2, 0.25) is 0 Å². The van der Waals surface area contributed by atoms with Crippen molar-refractivity contribution in [2.45, 2.75) is 44.4 Å². The molecule has 2 atom stereocenters. The smallest absolute Gasteiger partial charge is 0.136 e. The van der Waals surface area contributed by atoms with Crippen LogP contribution >= 0.6 is 11.3 Å². The molecule has 5 heteroatoms. The molecule has 98 valence electrons. The van der Waals surface area contributed by atoms with E-state index in [1.54, 1.807) is 11.3 Å². The Morgan fingerprint density at radius 2 is 2.22 bits per heavy atom. The number of nitrogens with one attached hydrogen (secondary N) is 1. The van der Waals surface area contributed by atoms with Gasteiger partial charge in [0.25, 0.3) is 0 Å². The number of nitrogens with zero attached hydrogens (tertiary/aromatic N) is 1. The average molecular weight is 282 g/mol. The van der Waals surface area contributed by atoms with E-state index in [4.69, 9.17) is 5.26 Å². The van der Waals surface area contributed by atoms with Crippen LogP contribution in [-0.4, -0.2) is 9.30 Å². The van der Waals surface area contributed by atoms with Gasteiger partial charge in [0.1, 0.15) is 10.8 Å². The van der Waals surface area contributed by atoms with Gasteiger partial charge in [0.2, 0.25) is 0 Å². The fourth-order valence-electron chi connectivity index (χ4n) is 1.68. The number of hydrogen-bond acceptors (Lipinski definition) is 4. The SMILES string of the molecule is CC(C)(C)[S+]([O-])N[C@H](c1cc(C#N)cs1)C1CC1. The predicted octanol–water partition coefficient (Wildman–Crippen LogP) is 3.12. The van der Waals surface area contributed by atoms with E-state index in [0.29, 0.717) is 11.5 Å².